The lowest BCUT2D eigenvalue weighted by atomic mass is 10.1. The van der Waals surface area contributed by atoms with Crippen LogP contribution in [-0.2, 0) is 14.3 Å². The fourth-order valence-corrected chi connectivity index (χ4v) is 1.37. The predicted octanol–water partition coefficient (Wildman–Crippen LogP) is 0.413. The quantitative estimate of drug-likeness (QED) is 0.604. The second-order valence-electron chi connectivity index (χ2n) is 2.70. The molecule has 0 aromatic carbocycles. The van der Waals surface area contributed by atoms with Gasteiger partial charge in [-0.2, -0.15) is 0 Å². The Morgan fingerprint density at radius 2 is 2.27 bits per heavy atom. The number of carbonyl (C=O) groups excluding carboxylic acids is 1. The van der Waals surface area contributed by atoms with E-state index in [1.807, 2.05) is 0 Å². The van der Waals surface area contributed by atoms with E-state index in [2.05, 4.69) is 4.74 Å². The summed E-state index contributed by atoms with van der Waals surface area (Å²) in [6.45, 7) is 0.384. The van der Waals surface area contributed by atoms with Gasteiger partial charge in [-0.05, 0) is 19.3 Å². The molecule has 1 aliphatic rings. The maximum Gasteiger partial charge on any atom is 0.306 e. The molecule has 0 heterocycles. The van der Waals surface area contributed by atoms with Crippen LogP contribution in [-0.4, -0.2) is 23.7 Å². The summed E-state index contributed by atoms with van der Waals surface area (Å²) in [5.41, 5.74) is 0. The van der Waals surface area contributed by atoms with Crippen molar-refractivity contribution >= 4 is 12.4 Å². The Kier molecular flexibility index (Phi) is 2.46. The number of ether oxygens (including phenoxy) is 1. The summed E-state index contributed by atoms with van der Waals surface area (Å²) in [7, 11) is 0. The molecule has 2 atom stereocenters. The number of carboxylic acids is 1. The van der Waals surface area contributed by atoms with Crippen LogP contribution < -0.4 is 0 Å². The second kappa shape index (κ2) is 3.37. The van der Waals surface area contributed by atoms with Crippen molar-refractivity contribution in [2.24, 2.45) is 5.92 Å². The molecule has 0 unspecified atom stereocenters. The average molecular weight is 158 g/mol. The molecule has 0 spiro atoms. The lowest BCUT2D eigenvalue weighted by Crippen LogP contribution is -2.12. The molecule has 11 heavy (non-hydrogen) atoms. The highest BCUT2D eigenvalue weighted by Crippen LogP contribution is 2.27. The largest absolute Gasteiger partial charge is 0.481 e. The lowest BCUT2D eigenvalue weighted by molar-refractivity contribution is -0.143. The van der Waals surface area contributed by atoms with Gasteiger partial charge in [0.2, 0.25) is 0 Å². The van der Waals surface area contributed by atoms with E-state index in [-0.39, 0.29) is 12.0 Å². The van der Waals surface area contributed by atoms with Crippen LogP contribution in [0.15, 0.2) is 0 Å². The van der Waals surface area contributed by atoms with Crippen LogP contribution in [0.4, 0.5) is 0 Å². The van der Waals surface area contributed by atoms with Crippen LogP contribution in [0.25, 0.3) is 0 Å². The number of hydrogen-bond acceptors (Lipinski definition) is 3. The Morgan fingerprint density at radius 3 is 2.73 bits per heavy atom. The first kappa shape index (κ1) is 8.04. The van der Waals surface area contributed by atoms with Gasteiger partial charge in [-0.25, -0.2) is 0 Å². The van der Waals surface area contributed by atoms with Crippen LogP contribution in [0.1, 0.15) is 19.3 Å². The second-order valence-corrected chi connectivity index (χ2v) is 2.70. The zero-order valence-electron chi connectivity index (χ0n) is 6.03. The zero-order valence-corrected chi connectivity index (χ0v) is 6.03. The summed E-state index contributed by atoms with van der Waals surface area (Å²) >= 11 is 0. The van der Waals surface area contributed by atoms with Gasteiger partial charge in [-0.3, -0.25) is 9.59 Å². The summed E-state index contributed by atoms with van der Waals surface area (Å²) in [6, 6.07) is 0. The van der Waals surface area contributed by atoms with Gasteiger partial charge in [0.15, 0.2) is 0 Å². The standard InChI is InChI=1S/C7H10O4/c8-4-11-6-2-1-5(3-6)7(9)10/h4-6H,1-3H2,(H,9,10)/t5-,6-/m0/s1. The smallest absolute Gasteiger partial charge is 0.306 e. The third-order valence-corrected chi connectivity index (χ3v) is 1.98. The molecular weight excluding hydrogens is 148 g/mol. The Labute approximate surface area is 64.2 Å². The summed E-state index contributed by atoms with van der Waals surface area (Å²) in [4.78, 5) is 20.3. The summed E-state index contributed by atoms with van der Waals surface area (Å²) in [6.07, 6.45) is 1.59. The summed E-state index contributed by atoms with van der Waals surface area (Å²) in [5, 5.41) is 8.56. The van der Waals surface area contributed by atoms with Crippen LogP contribution in [0.2, 0.25) is 0 Å². The molecule has 0 aromatic heterocycles. The summed E-state index contributed by atoms with van der Waals surface area (Å²) < 4.78 is 4.64. The molecule has 1 rings (SSSR count). The molecule has 62 valence electrons. The van der Waals surface area contributed by atoms with Crippen molar-refractivity contribution in [2.75, 3.05) is 0 Å². The van der Waals surface area contributed by atoms with E-state index in [4.69, 9.17) is 5.11 Å². The number of hydrogen-bond donors (Lipinski definition) is 1. The number of aliphatic carboxylic acids is 1. The maximum atomic E-state index is 10.4. The van der Waals surface area contributed by atoms with E-state index in [1.54, 1.807) is 0 Å². The Balaban J connectivity index is 2.34. The molecule has 0 aromatic rings. The van der Waals surface area contributed by atoms with Crippen molar-refractivity contribution in [1.82, 2.24) is 0 Å². The fraction of sp³-hybridized carbons (Fsp3) is 0.714. The van der Waals surface area contributed by atoms with Crippen molar-refractivity contribution in [2.45, 2.75) is 25.4 Å². The van der Waals surface area contributed by atoms with E-state index >= 15 is 0 Å². The Morgan fingerprint density at radius 1 is 1.55 bits per heavy atom. The molecule has 0 aliphatic heterocycles. The molecule has 0 radical (unpaired) electrons. The Hall–Kier alpha value is -1.06. The molecule has 4 nitrogen and oxygen atoms in total. The zero-order chi connectivity index (χ0) is 8.27. The van der Waals surface area contributed by atoms with Crippen molar-refractivity contribution in [1.29, 1.82) is 0 Å². The van der Waals surface area contributed by atoms with Gasteiger partial charge in [0.1, 0.15) is 6.10 Å². The van der Waals surface area contributed by atoms with Gasteiger partial charge < -0.3 is 9.84 Å². The lowest BCUT2D eigenvalue weighted by Gasteiger charge is -2.05. The molecule has 1 fully saturated rings. The minimum atomic E-state index is -0.790. The van der Waals surface area contributed by atoms with Crippen molar-refractivity contribution < 1.29 is 19.4 Å². The highest BCUT2D eigenvalue weighted by Gasteiger charge is 2.30. The SMILES string of the molecule is O=CO[C@H]1CC[C@H](C(=O)O)C1. The summed E-state index contributed by atoms with van der Waals surface area (Å²) in [5.74, 6) is -1.11. The first-order valence-corrected chi connectivity index (χ1v) is 3.56. The molecule has 0 amide bonds. The van der Waals surface area contributed by atoms with Crippen LogP contribution in [0.3, 0.4) is 0 Å². The van der Waals surface area contributed by atoms with Crippen LogP contribution in [0, 0.1) is 5.92 Å². The average Bonchev–Trinajstić information content (AvgIpc) is 2.37. The van der Waals surface area contributed by atoms with Gasteiger partial charge in [-0.15, -0.1) is 0 Å². The number of rotatable bonds is 3. The molecule has 1 aliphatic carbocycles. The van der Waals surface area contributed by atoms with Gasteiger partial charge in [0.05, 0.1) is 5.92 Å². The third-order valence-electron chi connectivity index (χ3n) is 1.98. The number of carbonyl (C=O) groups is 2. The number of carboxylic acid groups (broad SMARTS) is 1. The van der Waals surface area contributed by atoms with E-state index in [0.717, 1.165) is 0 Å². The molecule has 1 N–H and O–H groups in total. The molecular formula is C7H10O4. The van der Waals surface area contributed by atoms with E-state index in [9.17, 15) is 9.59 Å². The van der Waals surface area contributed by atoms with E-state index in [0.29, 0.717) is 25.7 Å². The van der Waals surface area contributed by atoms with E-state index in [1.165, 1.54) is 0 Å². The highest BCUT2D eigenvalue weighted by atomic mass is 16.5. The first-order chi connectivity index (χ1) is 5.24. The normalized spacial score (nSPS) is 29.8. The Bertz CT molecular complexity index is 166. The van der Waals surface area contributed by atoms with Gasteiger partial charge in [-0.1, -0.05) is 0 Å². The maximum absolute atomic E-state index is 10.4. The van der Waals surface area contributed by atoms with Gasteiger partial charge >= 0.3 is 5.97 Å². The molecule has 1 saturated carbocycles. The molecule has 0 bridgehead atoms. The molecule has 4 heteroatoms. The van der Waals surface area contributed by atoms with Crippen LogP contribution >= 0.6 is 0 Å². The van der Waals surface area contributed by atoms with Gasteiger partial charge in [0, 0.05) is 0 Å². The molecule has 0 saturated heterocycles. The predicted molar refractivity (Wildman–Crippen MR) is 35.9 cm³/mol. The minimum absolute atomic E-state index is 0.173. The minimum Gasteiger partial charge on any atom is -0.481 e. The van der Waals surface area contributed by atoms with Crippen LogP contribution in [0.5, 0.6) is 0 Å². The topological polar surface area (TPSA) is 63.6 Å². The van der Waals surface area contributed by atoms with E-state index < -0.39 is 5.97 Å². The van der Waals surface area contributed by atoms with Crippen molar-refractivity contribution in [3.63, 3.8) is 0 Å². The van der Waals surface area contributed by atoms with Crippen molar-refractivity contribution in [3.05, 3.63) is 0 Å². The monoisotopic (exact) mass is 158 g/mol. The fourth-order valence-electron chi connectivity index (χ4n) is 1.37. The third kappa shape index (κ3) is 1.93. The van der Waals surface area contributed by atoms with Gasteiger partial charge in [0.25, 0.3) is 6.47 Å². The first-order valence-electron chi connectivity index (χ1n) is 3.56. The van der Waals surface area contributed by atoms with Crippen molar-refractivity contribution in [3.8, 4) is 0 Å². The highest BCUT2D eigenvalue weighted by molar-refractivity contribution is 5.70.